The number of ether oxygens (including phenoxy) is 2. The highest BCUT2D eigenvalue weighted by atomic mass is 16.5. The molecule has 0 unspecified atom stereocenters. The fourth-order valence-corrected chi connectivity index (χ4v) is 2.79. The van der Waals surface area contributed by atoms with E-state index in [1.165, 1.54) is 0 Å². The zero-order chi connectivity index (χ0) is 14.7. The maximum Gasteiger partial charge on any atom is 0.270 e. The van der Waals surface area contributed by atoms with Gasteiger partial charge < -0.3 is 19.7 Å². The lowest BCUT2D eigenvalue weighted by Gasteiger charge is -2.41. The Morgan fingerprint density at radius 3 is 3.05 bits per heavy atom. The molecule has 3 heterocycles. The third-order valence-electron chi connectivity index (χ3n) is 3.92. The molecular weight excluding hydrogens is 276 g/mol. The van der Waals surface area contributed by atoms with Gasteiger partial charge in [0.25, 0.3) is 5.91 Å². The van der Waals surface area contributed by atoms with Crippen LogP contribution < -0.4 is 10.7 Å². The van der Waals surface area contributed by atoms with Crippen LogP contribution >= 0.6 is 0 Å². The molecule has 0 radical (unpaired) electrons. The summed E-state index contributed by atoms with van der Waals surface area (Å²) in [5, 5.41) is 7.15. The van der Waals surface area contributed by atoms with Crippen molar-refractivity contribution in [3.05, 3.63) is 0 Å². The zero-order valence-corrected chi connectivity index (χ0v) is 11.9. The van der Waals surface area contributed by atoms with Crippen molar-refractivity contribution in [1.29, 1.82) is 0 Å². The highest BCUT2D eigenvalue weighted by molar-refractivity contribution is 6.39. The normalized spacial score (nSPS) is 30.6. The molecule has 3 aliphatic heterocycles. The lowest BCUT2D eigenvalue weighted by atomic mass is 10.0. The molecule has 2 saturated heterocycles. The van der Waals surface area contributed by atoms with Crippen LogP contribution in [0.15, 0.2) is 5.10 Å². The number of carbonyl (C=O) groups is 2. The van der Waals surface area contributed by atoms with E-state index in [1.807, 2.05) is 0 Å². The average Bonchev–Trinajstić information content (AvgIpc) is 2.73. The van der Waals surface area contributed by atoms with E-state index in [1.54, 1.807) is 4.90 Å². The van der Waals surface area contributed by atoms with Crippen molar-refractivity contribution in [3.63, 3.8) is 0 Å². The van der Waals surface area contributed by atoms with Crippen molar-refractivity contribution in [2.24, 2.45) is 5.10 Å². The number of rotatable bonds is 1. The summed E-state index contributed by atoms with van der Waals surface area (Å²) in [6.45, 7) is 4.08. The minimum absolute atomic E-state index is 0.123. The first-order valence-corrected chi connectivity index (χ1v) is 7.26. The second-order valence-electron chi connectivity index (χ2n) is 5.58. The molecule has 8 nitrogen and oxygen atoms in total. The number of hydrogen-bond donors (Lipinski definition) is 2. The van der Waals surface area contributed by atoms with Gasteiger partial charge in [0, 0.05) is 32.5 Å². The monoisotopic (exact) mass is 296 g/mol. The third kappa shape index (κ3) is 3.22. The first-order chi connectivity index (χ1) is 10.2. The highest BCUT2D eigenvalue weighted by Gasteiger charge is 2.40. The van der Waals surface area contributed by atoms with Crippen LogP contribution in [0.1, 0.15) is 12.8 Å². The Morgan fingerprint density at radius 1 is 1.33 bits per heavy atom. The summed E-state index contributed by atoms with van der Waals surface area (Å²) < 4.78 is 11.4. The molecule has 3 aliphatic rings. The van der Waals surface area contributed by atoms with Crippen LogP contribution in [0.2, 0.25) is 0 Å². The molecule has 2 amide bonds. The van der Waals surface area contributed by atoms with Crippen molar-refractivity contribution in [2.75, 3.05) is 46.0 Å². The molecule has 0 bridgehead atoms. The Hall–Kier alpha value is -1.51. The van der Waals surface area contributed by atoms with E-state index in [0.717, 1.165) is 6.54 Å². The predicted molar refractivity (Wildman–Crippen MR) is 73.8 cm³/mol. The molecule has 2 N–H and O–H groups in total. The number of hydrazone groups is 1. The number of nitrogens with zero attached hydrogens (tertiary/aromatic N) is 2. The van der Waals surface area contributed by atoms with Gasteiger partial charge in [-0.25, -0.2) is 5.43 Å². The lowest BCUT2D eigenvalue weighted by Crippen LogP contribution is -2.60. The van der Waals surface area contributed by atoms with Gasteiger partial charge in [-0.15, -0.1) is 0 Å². The molecule has 0 aromatic rings. The summed E-state index contributed by atoms with van der Waals surface area (Å²) in [6, 6.07) is 0. The van der Waals surface area contributed by atoms with Crippen molar-refractivity contribution in [2.45, 2.75) is 18.4 Å². The zero-order valence-electron chi connectivity index (χ0n) is 11.9. The number of nitrogens with one attached hydrogen (secondary N) is 2. The van der Waals surface area contributed by atoms with Crippen molar-refractivity contribution < 1.29 is 19.1 Å². The van der Waals surface area contributed by atoms with Crippen molar-refractivity contribution >= 4 is 17.5 Å². The van der Waals surface area contributed by atoms with Gasteiger partial charge in [-0.3, -0.25) is 9.59 Å². The van der Waals surface area contributed by atoms with Gasteiger partial charge in [0.1, 0.15) is 11.3 Å². The molecule has 0 aromatic carbocycles. The highest BCUT2D eigenvalue weighted by Crippen LogP contribution is 2.20. The Bertz CT molecular complexity index is 457. The standard InChI is InChI=1S/C13H20N4O4/c18-11-2-1-10(15-16-11)12(19)17-4-6-21-13(8-17)7-14-3-5-20-9-13/h14H,1-9H2,(H,16,18)/t13-/m1/s1. The molecule has 3 rings (SSSR count). The Balaban J connectivity index is 1.67. The lowest BCUT2D eigenvalue weighted by molar-refractivity contribution is -0.153. The fraction of sp³-hybridized carbons (Fsp3) is 0.769. The fourth-order valence-electron chi connectivity index (χ4n) is 2.79. The molecular formula is C13H20N4O4. The summed E-state index contributed by atoms with van der Waals surface area (Å²) in [7, 11) is 0. The number of amides is 2. The summed E-state index contributed by atoms with van der Waals surface area (Å²) in [5.74, 6) is -0.270. The molecule has 1 atom stereocenters. The van der Waals surface area contributed by atoms with Gasteiger partial charge in [-0.1, -0.05) is 0 Å². The second kappa shape index (κ2) is 6.08. The predicted octanol–water partition coefficient (Wildman–Crippen LogP) is -1.53. The van der Waals surface area contributed by atoms with Crippen LogP contribution in [0.25, 0.3) is 0 Å². The SMILES string of the molecule is O=C1CCC(C(=O)N2CCO[C@]3(CNCCOC3)C2)=NN1. The maximum absolute atomic E-state index is 12.5. The minimum atomic E-state index is -0.483. The summed E-state index contributed by atoms with van der Waals surface area (Å²) in [4.78, 5) is 25.3. The molecule has 0 aromatic heterocycles. The number of hydrogen-bond acceptors (Lipinski definition) is 6. The quantitative estimate of drug-likeness (QED) is 0.612. The smallest absolute Gasteiger partial charge is 0.270 e. The Morgan fingerprint density at radius 2 is 2.24 bits per heavy atom. The van der Waals surface area contributed by atoms with Crippen LogP contribution in [-0.4, -0.2) is 74.0 Å². The van der Waals surface area contributed by atoms with Gasteiger partial charge >= 0.3 is 0 Å². The van der Waals surface area contributed by atoms with E-state index in [4.69, 9.17) is 9.47 Å². The van der Waals surface area contributed by atoms with Crippen molar-refractivity contribution in [3.8, 4) is 0 Å². The molecule has 0 saturated carbocycles. The van der Waals surface area contributed by atoms with E-state index >= 15 is 0 Å². The molecule has 21 heavy (non-hydrogen) atoms. The summed E-state index contributed by atoms with van der Waals surface area (Å²) >= 11 is 0. The van der Waals surface area contributed by atoms with Crippen LogP contribution in [0.5, 0.6) is 0 Å². The van der Waals surface area contributed by atoms with Gasteiger partial charge in [-0.2, -0.15) is 5.10 Å². The first kappa shape index (κ1) is 14.4. The van der Waals surface area contributed by atoms with Gasteiger partial charge in [0.2, 0.25) is 5.91 Å². The summed E-state index contributed by atoms with van der Waals surface area (Å²) in [5.41, 5.74) is 2.29. The van der Waals surface area contributed by atoms with Crippen LogP contribution in [-0.2, 0) is 19.1 Å². The van der Waals surface area contributed by atoms with E-state index in [9.17, 15) is 9.59 Å². The van der Waals surface area contributed by atoms with Crippen molar-refractivity contribution in [1.82, 2.24) is 15.6 Å². The number of carbonyl (C=O) groups excluding carboxylic acids is 2. The van der Waals surface area contributed by atoms with Gasteiger partial charge in [-0.05, 0) is 0 Å². The Labute approximate surface area is 122 Å². The summed E-state index contributed by atoms with van der Waals surface area (Å²) in [6.07, 6.45) is 0.703. The van der Waals surface area contributed by atoms with E-state index in [0.29, 0.717) is 58.0 Å². The maximum atomic E-state index is 12.5. The molecule has 2 fully saturated rings. The van der Waals surface area contributed by atoms with Crippen LogP contribution in [0.3, 0.4) is 0 Å². The van der Waals surface area contributed by atoms with E-state index in [2.05, 4.69) is 15.8 Å². The van der Waals surface area contributed by atoms with Gasteiger partial charge in [0.05, 0.1) is 26.4 Å². The van der Waals surface area contributed by atoms with Crippen LogP contribution in [0, 0.1) is 0 Å². The molecule has 116 valence electrons. The molecule has 8 heteroatoms. The third-order valence-corrected chi connectivity index (χ3v) is 3.92. The van der Waals surface area contributed by atoms with E-state index < -0.39 is 5.60 Å². The molecule has 1 spiro atoms. The van der Waals surface area contributed by atoms with Gasteiger partial charge in [0.15, 0.2) is 0 Å². The van der Waals surface area contributed by atoms with E-state index in [-0.39, 0.29) is 11.8 Å². The average molecular weight is 296 g/mol. The Kier molecular flexibility index (Phi) is 4.18. The largest absolute Gasteiger partial charge is 0.377 e. The first-order valence-electron chi connectivity index (χ1n) is 7.26. The molecule has 0 aliphatic carbocycles. The topological polar surface area (TPSA) is 92.3 Å². The van der Waals surface area contributed by atoms with Crippen LogP contribution in [0.4, 0.5) is 0 Å². The second-order valence-corrected chi connectivity index (χ2v) is 5.58. The minimum Gasteiger partial charge on any atom is -0.377 e. The number of morpholine rings is 1.